The van der Waals surface area contributed by atoms with E-state index >= 15 is 0 Å². The zero-order valence-corrected chi connectivity index (χ0v) is 14.7. The van der Waals surface area contributed by atoms with E-state index in [0.717, 1.165) is 18.4 Å². The number of benzene rings is 2. The third kappa shape index (κ3) is 4.47. The molecule has 2 aromatic carbocycles. The molecule has 0 aromatic heterocycles. The first-order chi connectivity index (χ1) is 12.0. The van der Waals surface area contributed by atoms with Crippen LogP contribution in [0.5, 0.6) is 0 Å². The molecule has 3 rings (SSSR count). The van der Waals surface area contributed by atoms with Crippen LogP contribution < -0.4 is 10.6 Å². The summed E-state index contributed by atoms with van der Waals surface area (Å²) < 4.78 is 0. The van der Waals surface area contributed by atoms with Gasteiger partial charge in [0.05, 0.1) is 6.04 Å². The quantitative estimate of drug-likeness (QED) is 0.832. The molecule has 0 aliphatic heterocycles. The summed E-state index contributed by atoms with van der Waals surface area (Å²) in [6.07, 6.45) is 1.91. The SMILES string of the molecule is CC(C)C(NC(=O)c1cccc(NC(=O)C2CC2)c1)c1ccccc1. The first-order valence-electron chi connectivity index (χ1n) is 8.81. The van der Waals surface area contributed by atoms with Gasteiger partial charge in [-0.25, -0.2) is 0 Å². The van der Waals surface area contributed by atoms with E-state index in [2.05, 4.69) is 24.5 Å². The molecule has 2 N–H and O–H groups in total. The number of anilines is 1. The fourth-order valence-corrected chi connectivity index (χ4v) is 2.85. The van der Waals surface area contributed by atoms with E-state index in [0.29, 0.717) is 11.3 Å². The summed E-state index contributed by atoms with van der Waals surface area (Å²) in [6.45, 7) is 4.18. The molecular formula is C21H24N2O2. The highest BCUT2D eigenvalue weighted by atomic mass is 16.2. The lowest BCUT2D eigenvalue weighted by atomic mass is 9.95. The molecule has 4 heteroatoms. The minimum Gasteiger partial charge on any atom is -0.345 e. The fourth-order valence-electron chi connectivity index (χ4n) is 2.85. The third-order valence-corrected chi connectivity index (χ3v) is 4.45. The predicted octanol–water partition coefficient (Wildman–Crippen LogP) is 4.16. The Bertz CT molecular complexity index is 752. The van der Waals surface area contributed by atoms with Crippen molar-refractivity contribution in [1.82, 2.24) is 5.32 Å². The molecule has 1 aliphatic rings. The zero-order chi connectivity index (χ0) is 17.8. The van der Waals surface area contributed by atoms with Crippen molar-refractivity contribution in [3.8, 4) is 0 Å². The molecule has 0 heterocycles. The van der Waals surface area contributed by atoms with Gasteiger partial charge in [0.2, 0.25) is 5.91 Å². The summed E-state index contributed by atoms with van der Waals surface area (Å²) in [4.78, 5) is 24.6. The Hall–Kier alpha value is -2.62. The highest BCUT2D eigenvalue weighted by Gasteiger charge is 2.29. The van der Waals surface area contributed by atoms with E-state index < -0.39 is 0 Å². The molecular weight excluding hydrogens is 312 g/mol. The number of amides is 2. The van der Waals surface area contributed by atoms with Crippen LogP contribution in [0.4, 0.5) is 5.69 Å². The minimum atomic E-state index is -0.134. The molecule has 1 aliphatic carbocycles. The molecule has 0 spiro atoms. The lowest BCUT2D eigenvalue weighted by molar-refractivity contribution is -0.117. The first-order valence-corrected chi connectivity index (χ1v) is 8.81. The maximum absolute atomic E-state index is 12.7. The van der Waals surface area contributed by atoms with Gasteiger partial charge in [0.1, 0.15) is 0 Å². The van der Waals surface area contributed by atoms with Crippen LogP contribution in [0.1, 0.15) is 48.7 Å². The molecule has 1 saturated carbocycles. The molecule has 1 unspecified atom stereocenters. The van der Waals surface area contributed by atoms with Crippen LogP contribution in [0, 0.1) is 11.8 Å². The van der Waals surface area contributed by atoms with Crippen LogP contribution in [0.25, 0.3) is 0 Å². The summed E-state index contributed by atoms with van der Waals surface area (Å²) in [7, 11) is 0. The average molecular weight is 336 g/mol. The zero-order valence-electron chi connectivity index (χ0n) is 14.7. The van der Waals surface area contributed by atoms with E-state index in [-0.39, 0.29) is 29.7 Å². The van der Waals surface area contributed by atoms with Gasteiger partial charge >= 0.3 is 0 Å². The van der Waals surface area contributed by atoms with Crippen molar-refractivity contribution in [1.29, 1.82) is 0 Å². The molecule has 1 atom stereocenters. The van der Waals surface area contributed by atoms with Crippen molar-refractivity contribution in [2.75, 3.05) is 5.32 Å². The molecule has 0 saturated heterocycles. The molecule has 0 bridgehead atoms. The number of hydrogen-bond donors (Lipinski definition) is 2. The van der Waals surface area contributed by atoms with Crippen LogP contribution >= 0.6 is 0 Å². The van der Waals surface area contributed by atoms with E-state index in [1.165, 1.54) is 0 Å². The van der Waals surface area contributed by atoms with Gasteiger partial charge in [-0.1, -0.05) is 50.2 Å². The largest absolute Gasteiger partial charge is 0.345 e. The predicted molar refractivity (Wildman–Crippen MR) is 99.3 cm³/mol. The fraction of sp³-hybridized carbons (Fsp3) is 0.333. The van der Waals surface area contributed by atoms with E-state index in [9.17, 15) is 9.59 Å². The lowest BCUT2D eigenvalue weighted by Crippen LogP contribution is -2.31. The van der Waals surface area contributed by atoms with Crippen LogP contribution in [0.2, 0.25) is 0 Å². The number of rotatable bonds is 6. The minimum absolute atomic E-state index is 0.0434. The van der Waals surface area contributed by atoms with Crippen molar-refractivity contribution in [2.45, 2.75) is 32.7 Å². The van der Waals surface area contributed by atoms with Crippen molar-refractivity contribution in [2.24, 2.45) is 11.8 Å². The second kappa shape index (κ2) is 7.51. The van der Waals surface area contributed by atoms with Gasteiger partial charge in [-0.3, -0.25) is 9.59 Å². The van der Waals surface area contributed by atoms with Crippen molar-refractivity contribution in [3.63, 3.8) is 0 Å². The summed E-state index contributed by atoms with van der Waals surface area (Å²) in [5.41, 5.74) is 2.31. The Morgan fingerprint density at radius 1 is 1.00 bits per heavy atom. The van der Waals surface area contributed by atoms with Crippen LogP contribution in [-0.4, -0.2) is 11.8 Å². The molecule has 1 fully saturated rings. The van der Waals surface area contributed by atoms with Crippen LogP contribution in [0.15, 0.2) is 54.6 Å². The summed E-state index contributed by atoms with van der Waals surface area (Å²) >= 11 is 0. The van der Waals surface area contributed by atoms with Gasteiger partial charge in [-0.05, 0) is 42.5 Å². The Kier molecular flexibility index (Phi) is 5.17. The van der Waals surface area contributed by atoms with Crippen LogP contribution in [-0.2, 0) is 4.79 Å². The van der Waals surface area contributed by atoms with Crippen molar-refractivity contribution >= 4 is 17.5 Å². The molecule has 2 aromatic rings. The van der Waals surface area contributed by atoms with Gasteiger partial charge in [0, 0.05) is 17.2 Å². The highest BCUT2D eigenvalue weighted by molar-refractivity contribution is 5.98. The Balaban J connectivity index is 1.72. The molecule has 0 radical (unpaired) electrons. The molecule has 2 amide bonds. The average Bonchev–Trinajstić information content (AvgIpc) is 3.45. The van der Waals surface area contributed by atoms with Crippen molar-refractivity contribution < 1.29 is 9.59 Å². The normalized spacial score (nSPS) is 14.8. The van der Waals surface area contributed by atoms with Gasteiger partial charge in [0.25, 0.3) is 5.91 Å². The monoisotopic (exact) mass is 336 g/mol. The molecule has 130 valence electrons. The summed E-state index contributed by atoms with van der Waals surface area (Å²) in [5, 5.41) is 6.00. The number of carbonyl (C=O) groups is 2. The highest BCUT2D eigenvalue weighted by Crippen LogP contribution is 2.30. The summed E-state index contributed by atoms with van der Waals surface area (Å²) in [6, 6.07) is 17.0. The Morgan fingerprint density at radius 2 is 1.72 bits per heavy atom. The molecule has 25 heavy (non-hydrogen) atoms. The van der Waals surface area contributed by atoms with Crippen LogP contribution in [0.3, 0.4) is 0 Å². The Labute approximate surface area is 148 Å². The molecule has 4 nitrogen and oxygen atoms in total. The third-order valence-electron chi connectivity index (χ3n) is 4.45. The van der Waals surface area contributed by atoms with E-state index in [4.69, 9.17) is 0 Å². The van der Waals surface area contributed by atoms with Gasteiger partial charge in [-0.15, -0.1) is 0 Å². The van der Waals surface area contributed by atoms with Crippen molar-refractivity contribution in [3.05, 3.63) is 65.7 Å². The van der Waals surface area contributed by atoms with Gasteiger partial charge < -0.3 is 10.6 Å². The lowest BCUT2D eigenvalue weighted by Gasteiger charge is -2.23. The second-order valence-electron chi connectivity index (χ2n) is 6.95. The van der Waals surface area contributed by atoms with Gasteiger partial charge in [0.15, 0.2) is 0 Å². The standard InChI is InChI=1S/C21H24N2O2/c1-14(2)19(15-7-4-3-5-8-15)23-21(25)17-9-6-10-18(13-17)22-20(24)16-11-12-16/h3-10,13-14,16,19H,11-12H2,1-2H3,(H,22,24)(H,23,25). The van der Waals surface area contributed by atoms with Gasteiger partial charge in [-0.2, -0.15) is 0 Å². The number of carbonyl (C=O) groups excluding carboxylic acids is 2. The number of hydrogen-bond acceptors (Lipinski definition) is 2. The second-order valence-corrected chi connectivity index (χ2v) is 6.95. The number of nitrogens with one attached hydrogen (secondary N) is 2. The maximum Gasteiger partial charge on any atom is 0.251 e. The summed E-state index contributed by atoms with van der Waals surface area (Å²) in [5.74, 6) is 0.317. The maximum atomic E-state index is 12.7. The van der Waals surface area contributed by atoms with E-state index in [1.54, 1.807) is 18.2 Å². The topological polar surface area (TPSA) is 58.2 Å². The Morgan fingerprint density at radius 3 is 2.36 bits per heavy atom. The first kappa shape index (κ1) is 17.2. The van der Waals surface area contributed by atoms with E-state index in [1.807, 2.05) is 36.4 Å². The smallest absolute Gasteiger partial charge is 0.251 e.